The van der Waals surface area contributed by atoms with Gasteiger partial charge in [0.15, 0.2) is 21.5 Å². The van der Waals surface area contributed by atoms with Crippen molar-refractivity contribution in [3.8, 4) is 0 Å². The average Bonchev–Trinajstić information content (AvgIpc) is 2.52. The van der Waals surface area contributed by atoms with Crippen molar-refractivity contribution in [2.45, 2.75) is 31.4 Å². The molecule has 1 aromatic carbocycles. The molecular weight excluding hydrogens is 351 g/mol. The summed E-state index contributed by atoms with van der Waals surface area (Å²) in [6, 6.07) is 2.97. The molecule has 25 heavy (non-hydrogen) atoms. The van der Waals surface area contributed by atoms with Gasteiger partial charge in [-0.25, -0.2) is 21.6 Å². The zero-order valence-corrected chi connectivity index (χ0v) is 14.5. The minimum Gasteiger partial charge on any atom is -0.264 e. The Morgan fingerprint density at radius 1 is 1.16 bits per heavy atom. The van der Waals surface area contributed by atoms with Gasteiger partial charge in [0.2, 0.25) is 0 Å². The molecular formula is C18H18F3NO2S. The third-order valence-electron chi connectivity index (χ3n) is 4.76. The van der Waals surface area contributed by atoms with Crippen molar-refractivity contribution in [2.24, 2.45) is 5.92 Å². The van der Waals surface area contributed by atoms with E-state index in [0.29, 0.717) is 11.6 Å². The van der Waals surface area contributed by atoms with E-state index in [1.165, 1.54) is 12.4 Å². The highest BCUT2D eigenvalue weighted by Gasteiger charge is 2.38. The van der Waals surface area contributed by atoms with Gasteiger partial charge in [-0.05, 0) is 55.0 Å². The Hall–Kier alpha value is -1.89. The van der Waals surface area contributed by atoms with E-state index in [1.54, 1.807) is 13.0 Å². The lowest BCUT2D eigenvalue weighted by atomic mass is 9.87. The molecule has 1 aromatic heterocycles. The van der Waals surface area contributed by atoms with Crippen molar-refractivity contribution in [2.75, 3.05) is 5.75 Å². The Kier molecular flexibility index (Phi) is 4.86. The molecule has 1 atom stereocenters. The molecule has 0 aliphatic heterocycles. The number of benzene rings is 1. The molecule has 3 nitrogen and oxygen atoms in total. The van der Waals surface area contributed by atoms with Gasteiger partial charge in [0.1, 0.15) is 11.1 Å². The van der Waals surface area contributed by atoms with Crippen molar-refractivity contribution < 1.29 is 21.6 Å². The lowest BCUT2D eigenvalue weighted by Gasteiger charge is -2.28. The van der Waals surface area contributed by atoms with Gasteiger partial charge >= 0.3 is 0 Å². The first-order valence-corrected chi connectivity index (χ1v) is 9.78. The molecule has 0 spiro atoms. The molecule has 1 saturated carbocycles. The van der Waals surface area contributed by atoms with E-state index in [4.69, 9.17) is 0 Å². The minimum absolute atomic E-state index is 0.0239. The minimum atomic E-state index is -3.96. The summed E-state index contributed by atoms with van der Waals surface area (Å²) in [5, 5.41) is -1.61. The number of sulfone groups is 1. The zero-order chi connectivity index (χ0) is 18.2. The molecule has 1 aliphatic rings. The highest BCUT2D eigenvalue weighted by Crippen LogP contribution is 2.39. The fraction of sp³-hybridized carbons (Fsp3) is 0.389. The highest BCUT2D eigenvalue weighted by molar-refractivity contribution is 7.91. The first kappa shape index (κ1) is 17.9. The maximum atomic E-state index is 14.4. The Labute approximate surface area is 144 Å². The van der Waals surface area contributed by atoms with E-state index in [2.05, 4.69) is 4.98 Å². The monoisotopic (exact) mass is 369 g/mol. The molecule has 0 N–H and O–H groups in total. The molecule has 0 radical (unpaired) electrons. The van der Waals surface area contributed by atoms with E-state index in [0.717, 1.165) is 25.3 Å². The fourth-order valence-electron chi connectivity index (χ4n) is 3.15. The Bertz CT molecular complexity index is 895. The molecule has 1 aliphatic carbocycles. The topological polar surface area (TPSA) is 47.0 Å². The smallest absolute Gasteiger partial charge is 0.166 e. The van der Waals surface area contributed by atoms with Crippen molar-refractivity contribution in [3.63, 3.8) is 0 Å². The van der Waals surface area contributed by atoms with Gasteiger partial charge in [-0.2, -0.15) is 0 Å². The Morgan fingerprint density at radius 3 is 2.44 bits per heavy atom. The fourth-order valence-corrected chi connectivity index (χ4v) is 5.54. The number of pyridine rings is 1. The van der Waals surface area contributed by atoms with Crippen LogP contribution in [0.15, 0.2) is 30.6 Å². The number of hydrogen-bond acceptors (Lipinski definition) is 3. The van der Waals surface area contributed by atoms with E-state index in [-0.39, 0.29) is 17.2 Å². The van der Waals surface area contributed by atoms with Crippen LogP contribution in [0.25, 0.3) is 0 Å². The third-order valence-corrected chi connectivity index (χ3v) is 6.90. The van der Waals surface area contributed by atoms with Crippen LogP contribution in [-0.4, -0.2) is 19.2 Å². The molecule has 1 heterocycles. The summed E-state index contributed by atoms with van der Waals surface area (Å²) in [5.74, 6) is -4.03. The summed E-state index contributed by atoms with van der Waals surface area (Å²) in [6.45, 7) is 1.64. The summed E-state index contributed by atoms with van der Waals surface area (Å²) in [5.41, 5.74) is -0.0686. The predicted molar refractivity (Wildman–Crippen MR) is 88.3 cm³/mol. The number of nitrogens with zero attached hydrogens (tertiary/aromatic N) is 1. The second-order valence-electron chi connectivity index (χ2n) is 6.50. The lowest BCUT2D eigenvalue weighted by molar-refractivity contribution is 0.346. The lowest BCUT2D eigenvalue weighted by Crippen LogP contribution is -2.28. The number of aryl methyl sites for hydroxylation is 1. The normalized spacial score (nSPS) is 16.5. The van der Waals surface area contributed by atoms with Crippen LogP contribution in [0.4, 0.5) is 13.2 Å². The first-order valence-electron chi connectivity index (χ1n) is 8.06. The SMILES string of the molecule is Cc1ccncc1C(c1c(F)ccc(F)c1F)S(=O)(=O)CC1CCC1. The summed E-state index contributed by atoms with van der Waals surface area (Å²) >= 11 is 0. The quantitative estimate of drug-likeness (QED) is 0.745. The number of halogens is 3. The van der Waals surface area contributed by atoms with Crippen molar-refractivity contribution >= 4 is 9.84 Å². The van der Waals surface area contributed by atoms with Crippen LogP contribution in [0.1, 0.15) is 41.2 Å². The molecule has 0 amide bonds. The second kappa shape index (κ2) is 6.78. The van der Waals surface area contributed by atoms with Gasteiger partial charge in [0.25, 0.3) is 0 Å². The first-order chi connectivity index (χ1) is 11.8. The molecule has 3 rings (SSSR count). The number of aromatic nitrogens is 1. The standard InChI is InChI=1S/C18H18F3NO2S/c1-11-7-8-22-9-13(11)18(25(23,24)10-12-3-2-4-12)16-14(19)5-6-15(20)17(16)21/h5-9,12,18H,2-4,10H2,1H3. The van der Waals surface area contributed by atoms with Crippen LogP contribution >= 0.6 is 0 Å². The van der Waals surface area contributed by atoms with Gasteiger partial charge < -0.3 is 0 Å². The van der Waals surface area contributed by atoms with Gasteiger partial charge in [-0.1, -0.05) is 6.42 Å². The molecule has 0 saturated heterocycles. The van der Waals surface area contributed by atoms with Crippen LogP contribution in [0.3, 0.4) is 0 Å². The molecule has 134 valence electrons. The predicted octanol–water partition coefficient (Wildman–Crippen LogP) is 4.11. The summed E-state index contributed by atoms with van der Waals surface area (Å²) < 4.78 is 68.5. The largest absolute Gasteiger partial charge is 0.264 e. The van der Waals surface area contributed by atoms with Crippen LogP contribution in [-0.2, 0) is 9.84 Å². The Balaban J connectivity index is 2.20. The number of hydrogen-bond donors (Lipinski definition) is 0. The van der Waals surface area contributed by atoms with Crippen LogP contribution < -0.4 is 0 Å². The summed E-state index contributed by atoms with van der Waals surface area (Å²) in [4.78, 5) is 3.90. The maximum Gasteiger partial charge on any atom is 0.166 e. The number of rotatable bonds is 5. The van der Waals surface area contributed by atoms with Gasteiger partial charge in [0, 0.05) is 18.0 Å². The van der Waals surface area contributed by atoms with Gasteiger partial charge in [-0.3, -0.25) is 4.98 Å². The van der Waals surface area contributed by atoms with Crippen LogP contribution in [0.2, 0.25) is 0 Å². The average molecular weight is 369 g/mol. The zero-order valence-electron chi connectivity index (χ0n) is 13.7. The molecule has 0 bridgehead atoms. The summed E-state index contributed by atoms with van der Waals surface area (Å²) in [6.07, 6.45) is 5.23. The van der Waals surface area contributed by atoms with Gasteiger partial charge in [-0.15, -0.1) is 0 Å². The van der Waals surface area contributed by atoms with E-state index >= 15 is 0 Å². The molecule has 1 fully saturated rings. The van der Waals surface area contributed by atoms with E-state index in [1.807, 2.05) is 0 Å². The van der Waals surface area contributed by atoms with Crippen molar-refractivity contribution in [1.29, 1.82) is 0 Å². The van der Waals surface area contributed by atoms with Crippen molar-refractivity contribution in [1.82, 2.24) is 4.98 Å². The second-order valence-corrected chi connectivity index (χ2v) is 8.63. The van der Waals surface area contributed by atoms with Crippen LogP contribution in [0.5, 0.6) is 0 Å². The van der Waals surface area contributed by atoms with Gasteiger partial charge in [0.05, 0.1) is 5.75 Å². The Morgan fingerprint density at radius 2 is 1.84 bits per heavy atom. The van der Waals surface area contributed by atoms with E-state index in [9.17, 15) is 21.6 Å². The molecule has 2 aromatic rings. The highest BCUT2D eigenvalue weighted by atomic mass is 32.2. The van der Waals surface area contributed by atoms with Crippen LogP contribution in [0, 0.1) is 30.3 Å². The summed E-state index contributed by atoms with van der Waals surface area (Å²) in [7, 11) is -3.96. The van der Waals surface area contributed by atoms with E-state index < -0.39 is 38.1 Å². The van der Waals surface area contributed by atoms with Crippen molar-refractivity contribution in [3.05, 3.63) is 64.7 Å². The molecule has 7 heteroatoms. The maximum absolute atomic E-state index is 14.4. The third kappa shape index (κ3) is 3.42. The molecule has 1 unspecified atom stereocenters.